The number of carbonyl (C=O) groups excluding carboxylic acids is 1. The largest absolute Gasteiger partial charge is 0.471 e. The van der Waals surface area contributed by atoms with Gasteiger partial charge in [-0.3, -0.25) is 9.78 Å². The third-order valence-electron chi connectivity index (χ3n) is 5.65. The van der Waals surface area contributed by atoms with Gasteiger partial charge in [-0.15, -0.1) is 0 Å². The zero-order chi connectivity index (χ0) is 24.2. The summed E-state index contributed by atoms with van der Waals surface area (Å²) in [6.45, 7) is 3.87. The van der Waals surface area contributed by atoms with Gasteiger partial charge in [-0.25, -0.2) is 14.8 Å². The minimum absolute atomic E-state index is 0.237. The number of carbonyl (C=O) groups is 2. The van der Waals surface area contributed by atoms with E-state index in [1.807, 2.05) is 24.3 Å². The number of rotatable bonds is 7. The number of carboxylic acid groups (broad SMARTS) is 1. The molecule has 2 aromatic heterocycles. The van der Waals surface area contributed by atoms with Crippen LogP contribution in [0, 0.1) is 5.92 Å². The van der Waals surface area contributed by atoms with E-state index in [4.69, 9.17) is 4.74 Å². The summed E-state index contributed by atoms with van der Waals surface area (Å²) in [5.74, 6) is 0.405. The van der Waals surface area contributed by atoms with Crippen molar-refractivity contribution in [2.45, 2.75) is 38.5 Å². The summed E-state index contributed by atoms with van der Waals surface area (Å²) < 4.78 is 6.95. The Hall–Kier alpha value is -3.47. The molecule has 3 atom stereocenters. The highest BCUT2D eigenvalue weighted by atomic mass is 79.9. The van der Waals surface area contributed by atoms with Crippen LogP contribution >= 0.6 is 15.9 Å². The summed E-state index contributed by atoms with van der Waals surface area (Å²) in [4.78, 5) is 42.5. The van der Waals surface area contributed by atoms with Crippen LogP contribution < -0.4 is 10.1 Å². The lowest BCUT2D eigenvalue weighted by Gasteiger charge is -2.29. The van der Waals surface area contributed by atoms with Crippen molar-refractivity contribution >= 4 is 27.9 Å². The lowest BCUT2D eigenvalue weighted by molar-refractivity contribution is -0.135. The first-order valence-electron chi connectivity index (χ1n) is 10.8. The molecule has 0 spiro atoms. The second-order valence-electron chi connectivity index (χ2n) is 8.39. The molecule has 0 saturated carbocycles. The van der Waals surface area contributed by atoms with E-state index in [9.17, 15) is 14.7 Å². The Bertz CT molecular complexity index is 1140. The van der Waals surface area contributed by atoms with Gasteiger partial charge in [0.05, 0.1) is 30.7 Å². The van der Waals surface area contributed by atoms with Crippen LogP contribution in [-0.4, -0.2) is 60.6 Å². The van der Waals surface area contributed by atoms with Gasteiger partial charge in [-0.1, -0.05) is 41.9 Å². The number of hydrogen-bond acceptors (Lipinski definition) is 6. The van der Waals surface area contributed by atoms with E-state index in [2.05, 4.69) is 41.2 Å². The van der Waals surface area contributed by atoms with Crippen LogP contribution in [0.3, 0.4) is 0 Å². The highest BCUT2D eigenvalue weighted by Crippen LogP contribution is 2.34. The average Bonchev–Trinajstić information content (AvgIpc) is 3.45. The van der Waals surface area contributed by atoms with Crippen molar-refractivity contribution in [1.82, 2.24) is 30.2 Å². The molecule has 10 nitrogen and oxygen atoms in total. The molecular formula is C23H25BrN6O4. The lowest BCUT2D eigenvalue weighted by Crippen LogP contribution is -2.51. The molecule has 3 unspecified atom stereocenters. The van der Waals surface area contributed by atoms with Crippen LogP contribution in [0.25, 0.3) is 11.3 Å². The summed E-state index contributed by atoms with van der Waals surface area (Å²) in [7, 11) is 0. The lowest BCUT2D eigenvalue weighted by atomic mass is 10.0. The minimum Gasteiger partial charge on any atom is -0.471 e. The normalized spacial score (nSPS) is 18.6. The summed E-state index contributed by atoms with van der Waals surface area (Å²) in [6, 6.07) is 6.49. The Kier molecular flexibility index (Phi) is 7.11. The number of nitrogens with one attached hydrogen (secondary N) is 2. The standard InChI is InChI=1S/C23H25BrN6O4/c1-13(2)20(29-23(32)33)22(31)30-12-16(34-19-11-25-7-8-26-19)9-18(30)21-27-10-17(28-21)14-3-5-15(24)6-4-14/h3-8,10-11,13,16,18,20,29H,9,12H2,1-2H3,(H,27,28)(H,32,33). The summed E-state index contributed by atoms with van der Waals surface area (Å²) in [6.07, 6.45) is 5.20. The van der Waals surface area contributed by atoms with Crippen LogP contribution in [0.1, 0.15) is 32.1 Å². The second-order valence-corrected chi connectivity index (χ2v) is 9.30. The van der Waals surface area contributed by atoms with Crippen LogP contribution in [-0.2, 0) is 4.79 Å². The molecule has 1 aliphatic rings. The molecule has 178 valence electrons. The Morgan fingerprint density at radius 3 is 2.62 bits per heavy atom. The van der Waals surface area contributed by atoms with Gasteiger partial charge in [0, 0.05) is 23.3 Å². The fourth-order valence-corrected chi connectivity index (χ4v) is 4.27. The molecule has 3 heterocycles. The number of benzene rings is 1. The van der Waals surface area contributed by atoms with E-state index < -0.39 is 18.2 Å². The van der Waals surface area contributed by atoms with Crippen LogP contribution in [0.5, 0.6) is 5.88 Å². The number of halogens is 1. The molecule has 3 aromatic rings. The van der Waals surface area contributed by atoms with Gasteiger partial charge < -0.3 is 25.0 Å². The molecule has 0 radical (unpaired) electrons. The highest BCUT2D eigenvalue weighted by molar-refractivity contribution is 9.10. The summed E-state index contributed by atoms with van der Waals surface area (Å²) in [5.41, 5.74) is 1.77. The SMILES string of the molecule is CC(C)C(NC(=O)O)C(=O)N1CC(Oc2cnccn2)CC1c1ncc(-c2ccc(Br)cc2)[nH]1. The molecule has 0 bridgehead atoms. The number of hydrogen-bond donors (Lipinski definition) is 3. The van der Waals surface area contributed by atoms with Gasteiger partial charge in [0.25, 0.3) is 0 Å². The zero-order valence-corrected chi connectivity index (χ0v) is 20.3. The monoisotopic (exact) mass is 528 g/mol. The fraction of sp³-hybridized carbons (Fsp3) is 0.348. The van der Waals surface area contributed by atoms with Gasteiger partial charge in [0.2, 0.25) is 11.8 Å². The number of aromatic nitrogens is 4. The summed E-state index contributed by atoms with van der Waals surface area (Å²) >= 11 is 3.44. The smallest absolute Gasteiger partial charge is 0.405 e. The molecule has 1 aliphatic heterocycles. The van der Waals surface area contributed by atoms with Crippen molar-refractivity contribution in [2.75, 3.05) is 6.54 Å². The number of imidazole rings is 1. The average molecular weight is 529 g/mol. The molecule has 1 saturated heterocycles. The van der Waals surface area contributed by atoms with E-state index in [1.54, 1.807) is 31.1 Å². The molecule has 0 aliphatic carbocycles. The van der Waals surface area contributed by atoms with Crippen molar-refractivity contribution in [2.24, 2.45) is 5.92 Å². The van der Waals surface area contributed by atoms with Crippen molar-refractivity contribution < 1.29 is 19.4 Å². The van der Waals surface area contributed by atoms with Crippen LogP contribution in [0.4, 0.5) is 4.79 Å². The first-order chi connectivity index (χ1) is 16.3. The first kappa shape index (κ1) is 23.7. The quantitative estimate of drug-likeness (QED) is 0.426. The molecule has 11 heteroatoms. The number of ether oxygens (including phenoxy) is 1. The molecule has 34 heavy (non-hydrogen) atoms. The second kappa shape index (κ2) is 10.2. The van der Waals surface area contributed by atoms with Crippen LogP contribution in [0.2, 0.25) is 0 Å². The number of H-pyrrole nitrogens is 1. The van der Waals surface area contributed by atoms with Gasteiger partial charge >= 0.3 is 6.09 Å². The molecular weight excluding hydrogens is 504 g/mol. The van der Waals surface area contributed by atoms with E-state index in [0.29, 0.717) is 18.1 Å². The summed E-state index contributed by atoms with van der Waals surface area (Å²) in [5, 5.41) is 11.6. The van der Waals surface area contributed by atoms with E-state index in [1.165, 1.54) is 12.4 Å². The maximum absolute atomic E-state index is 13.5. The maximum Gasteiger partial charge on any atom is 0.405 e. The number of aromatic amines is 1. The molecule has 3 N–H and O–H groups in total. The maximum atomic E-state index is 13.5. The number of nitrogens with zero attached hydrogens (tertiary/aromatic N) is 4. The first-order valence-corrected chi connectivity index (χ1v) is 11.6. The van der Waals surface area contributed by atoms with Crippen molar-refractivity contribution in [3.8, 4) is 17.1 Å². The third kappa shape index (κ3) is 5.36. The zero-order valence-electron chi connectivity index (χ0n) is 18.7. The number of amides is 2. The van der Waals surface area contributed by atoms with E-state index in [-0.39, 0.29) is 24.5 Å². The third-order valence-corrected chi connectivity index (χ3v) is 6.18. The molecule has 1 aromatic carbocycles. The predicted octanol–water partition coefficient (Wildman–Crippen LogP) is 3.64. The van der Waals surface area contributed by atoms with Gasteiger partial charge in [-0.2, -0.15) is 0 Å². The van der Waals surface area contributed by atoms with Gasteiger partial charge in [0.1, 0.15) is 18.0 Å². The van der Waals surface area contributed by atoms with Crippen molar-refractivity contribution in [3.05, 3.63) is 59.3 Å². The molecule has 1 fully saturated rings. The minimum atomic E-state index is -1.24. The predicted molar refractivity (Wildman–Crippen MR) is 127 cm³/mol. The fourth-order valence-electron chi connectivity index (χ4n) is 4.01. The van der Waals surface area contributed by atoms with Gasteiger partial charge in [0.15, 0.2) is 0 Å². The Morgan fingerprint density at radius 2 is 1.97 bits per heavy atom. The van der Waals surface area contributed by atoms with Gasteiger partial charge in [-0.05, 0) is 23.6 Å². The molecule has 4 rings (SSSR count). The van der Waals surface area contributed by atoms with Crippen molar-refractivity contribution in [3.63, 3.8) is 0 Å². The molecule has 2 amide bonds. The van der Waals surface area contributed by atoms with E-state index >= 15 is 0 Å². The van der Waals surface area contributed by atoms with Crippen LogP contribution in [0.15, 0.2) is 53.5 Å². The topological polar surface area (TPSA) is 133 Å². The Labute approximate surface area is 204 Å². The Morgan fingerprint density at radius 1 is 1.21 bits per heavy atom. The highest BCUT2D eigenvalue weighted by Gasteiger charge is 2.42. The van der Waals surface area contributed by atoms with E-state index in [0.717, 1.165) is 15.7 Å². The number of likely N-dealkylation sites (tertiary alicyclic amines) is 1. The Balaban J connectivity index is 1.62. The van der Waals surface area contributed by atoms with Crippen molar-refractivity contribution in [1.29, 1.82) is 0 Å².